The maximum absolute atomic E-state index is 13.5. The second kappa shape index (κ2) is 83.7. The largest absolute Gasteiger partial charge is 0.482 e. The molecule has 0 aliphatic rings. The number of ether oxygens (including phenoxy) is 26. The van der Waals surface area contributed by atoms with Gasteiger partial charge in [-0.1, -0.05) is 24.3 Å². The van der Waals surface area contributed by atoms with Crippen LogP contribution in [0.15, 0.2) is 48.5 Å². The highest BCUT2D eigenvalue weighted by Crippen LogP contribution is 2.16. The molecular weight excluding hydrogens is 1550 g/mol. The van der Waals surface area contributed by atoms with Crippen LogP contribution in [0.25, 0.3) is 0 Å². The van der Waals surface area contributed by atoms with Crippen molar-refractivity contribution in [2.45, 2.75) is 57.5 Å². The lowest BCUT2D eigenvalue weighted by Gasteiger charge is -2.19. The van der Waals surface area contributed by atoms with Crippen molar-refractivity contribution in [1.82, 2.24) is 16.0 Å². The second-order valence-corrected chi connectivity index (χ2v) is 24.7. The normalized spacial score (nSPS) is 11.9. The Kier molecular flexibility index (Phi) is 76.6. The monoisotopic (exact) mass is 1690 g/mol. The molecule has 2 unspecified atom stereocenters. The number of aliphatic carboxylic acids is 2. The van der Waals surface area contributed by atoms with E-state index in [-0.39, 0.29) is 130 Å². The van der Waals surface area contributed by atoms with E-state index in [4.69, 9.17) is 138 Å². The van der Waals surface area contributed by atoms with Crippen molar-refractivity contribution in [2.75, 3.05) is 343 Å². The minimum absolute atomic E-state index is 0.00595. The van der Waals surface area contributed by atoms with Crippen molar-refractivity contribution in [1.29, 1.82) is 0 Å². The zero-order chi connectivity index (χ0) is 84.1. The van der Waals surface area contributed by atoms with Gasteiger partial charge >= 0.3 is 11.9 Å². The number of aliphatic hydroxyl groups is 1. The Hall–Kier alpha value is -5.94. The lowest BCUT2D eigenvalue weighted by molar-refractivity contribution is -0.140. The summed E-state index contributed by atoms with van der Waals surface area (Å²) in [6, 6.07) is 11.3. The molecule has 3 amide bonds. The molecule has 2 aromatic rings. The Labute approximate surface area is 688 Å². The SMILES string of the molecule is CCOCCOCCOCCOCCOCCOCCOCCOCCOCCOCCOCCOCCOCCOCCOCCOCCOCCCC(=O)C(Cc1ccc(OCC(=O)O)cc1)NC(=O)CCOCCOCCOCCOCCNC(=O)C(Cc1ccc(OCC(=O)O)cc1)NC(=O)CCOCCOCCOCCO. The first-order chi connectivity index (χ1) is 57.5. The Morgan fingerprint density at radius 2 is 0.530 bits per heavy atom. The molecule has 0 bridgehead atoms. The van der Waals surface area contributed by atoms with Gasteiger partial charge in [0.25, 0.3) is 0 Å². The van der Waals surface area contributed by atoms with E-state index in [0.717, 1.165) is 5.56 Å². The molecule has 38 nitrogen and oxygen atoms in total. The van der Waals surface area contributed by atoms with E-state index in [9.17, 15) is 28.8 Å². The summed E-state index contributed by atoms with van der Waals surface area (Å²) in [6.45, 7) is 20.0. The third-order valence-electron chi connectivity index (χ3n) is 15.3. The first-order valence-corrected chi connectivity index (χ1v) is 40.2. The second-order valence-electron chi connectivity index (χ2n) is 24.7. The fourth-order valence-electron chi connectivity index (χ4n) is 9.45. The third-order valence-corrected chi connectivity index (χ3v) is 15.3. The molecule has 2 aromatic carbocycles. The molecule has 0 aromatic heterocycles. The summed E-state index contributed by atoms with van der Waals surface area (Å²) in [4.78, 5) is 74.6. The van der Waals surface area contributed by atoms with Crippen LogP contribution >= 0.6 is 0 Å². The summed E-state index contributed by atoms with van der Waals surface area (Å²) in [5.74, 6) is -2.96. The molecule has 0 fully saturated rings. The van der Waals surface area contributed by atoms with Gasteiger partial charge in [0.15, 0.2) is 19.0 Å². The van der Waals surface area contributed by atoms with Crippen LogP contribution in [0.4, 0.5) is 0 Å². The maximum Gasteiger partial charge on any atom is 0.341 e. The minimum Gasteiger partial charge on any atom is -0.482 e. The predicted octanol–water partition coefficient (Wildman–Crippen LogP) is 1.02. The van der Waals surface area contributed by atoms with Crippen LogP contribution in [0.3, 0.4) is 0 Å². The fraction of sp³-hybridized carbons (Fsp3) is 0.772. The van der Waals surface area contributed by atoms with Gasteiger partial charge in [0.2, 0.25) is 17.7 Å². The topological polar surface area (TPSA) is 439 Å². The Morgan fingerprint density at radius 3 is 0.803 bits per heavy atom. The van der Waals surface area contributed by atoms with Gasteiger partial charge in [-0.15, -0.1) is 0 Å². The number of nitrogens with one attached hydrogen (secondary N) is 3. The summed E-state index contributed by atoms with van der Waals surface area (Å²) in [6.07, 6.45) is 0.870. The molecule has 38 heteroatoms. The van der Waals surface area contributed by atoms with E-state index in [2.05, 4.69) is 16.0 Å². The van der Waals surface area contributed by atoms with E-state index < -0.39 is 49.1 Å². The number of carbonyl (C=O) groups excluding carboxylic acids is 4. The molecule has 676 valence electrons. The van der Waals surface area contributed by atoms with Crippen molar-refractivity contribution in [2.24, 2.45) is 0 Å². The summed E-state index contributed by atoms with van der Waals surface area (Å²) in [5, 5.41) is 35.0. The fourth-order valence-corrected chi connectivity index (χ4v) is 9.45. The summed E-state index contributed by atoms with van der Waals surface area (Å²) in [5.41, 5.74) is 1.42. The lowest BCUT2D eigenvalue weighted by atomic mass is 9.99. The van der Waals surface area contributed by atoms with Gasteiger partial charge in [-0.2, -0.15) is 0 Å². The molecule has 2 rings (SSSR count). The van der Waals surface area contributed by atoms with Crippen molar-refractivity contribution in [3.8, 4) is 11.5 Å². The van der Waals surface area contributed by atoms with Crippen LogP contribution < -0.4 is 25.4 Å². The summed E-state index contributed by atoms with van der Waals surface area (Å²) >= 11 is 0. The molecule has 0 aliphatic heterocycles. The first-order valence-electron chi connectivity index (χ1n) is 40.2. The number of aliphatic hydroxyl groups excluding tert-OH is 1. The molecule has 0 radical (unpaired) electrons. The Morgan fingerprint density at radius 1 is 0.291 bits per heavy atom. The van der Waals surface area contributed by atoms with Crippen molar-refractivity contribution in [3.63, 3.8) is 0 Å². The van der Waals surface area contributed by atoms with Crippen LogP contribution in [0.1, 0.15) is 43.7 Å². The van der Waals surface area contributed by atoms with E-state index in [1.807, 2.05) is 6.92 Å². The average molecular weight is 1690 g/mol. The predicted molar refractivity (Wildman–Crippen MR) is 419 cm³/mol. The molecule has 0 aliphatic carbocycles. The molecule has 0 spiro atoms. The zero-order valence-electron chi connectivity index (χ0n) is 68.7. The molecule has 6 N–H and O–H groups in total. The highest BCUT2D eigenvalue weighted by atomic mass is 16.6. The van der Waals surface area contributed by atoms with Gasteiger partial charge in [-0.3, -0.25) is 19.2 Å². The number of benzene rings is 2. The number of hydrogen-bond acceptors (Lipinski definition) is 33. The maximum atomic E-state index is 13.5. The number of ketones is 1. The van der Waals surface area contributed by atoms with Gasteiger partial charge in [-0.05, 0) is 55.2 Å². The Balaban J connectivity index is 1.42. The summed E-state index contributed by atoms with van der Waals surface area (Å²) in [7, 11) is 0. The van der Waals surface area contributed by atoms with Gasteiger partial charge in [0.1, 0.15) is 17.5 Å². The van der Waals surface area contributed by atoms with Crippen molar-refractivity contribution >= 4 is 35.4 Å². The lowest BCUT2D eigenvalue weighted by Crippen LogP contribution is -2.48. The first kappa shape index (κ1) is 107. The number of carboxylic acid groups (broad SMARTS) is 2. The van der Waals surface area contributed by atoms with Crippen molar-refractivity contribution in [3.05, 3.63) is 59.7 Å². The number of carbonyl (C=O) groups is 6. The van der Waals surface area contributed by atoms with Gasteiger partial charge in [-0.25, -0.2) is 9.59 Å². The quantitative estimate of drug-likeness (QED) is 0.0504. The van der Waals surface area contributed by atoms with E-state index in [0.29, 0.717) is 268 Å². The van der Waals surface area contributed by atoms with E-state index in [1.54, 1.807) is 48.5 Å². The number of hydrogen-bond donors (Lipinski definition) is 6. The molecule has 0 saturated carbocycles. The molecule has 0 saturated heterocycles. The molecule has 0 heterocycles. The van der Waals surface area contributed by atoms with Gasteiger partial charge in [0, 0.05) is 45.4 Å². The smallest absolute Gasteiger partial charge is 0.341 e. The van der Waals surface area contributed by atoms with Crippen molar-refractivity contribution < 1.29 is 167 Å². The van der Waals surface area contributed by atoms with Crippen LogP contribution in [0.5, 0.6) is 11.5 Å². The number of rotatable bonds is 93. The zero-order valence-corrected chi connectivity index (χ0v) is 68.7. The van der Waals surface area contributed by atoms with E-state index >= 15 is 0 Å². The molecule has 117 heavy (non-hydrogen) atoms. The number of Topliss-reactive ketones (excluding diaryl/α,β-unsaturated/α-hetero) is 1. The van der Waals surface area contributed by atoms with Crippen LogP contribution in [-0.2, 0) is 155 Å². The van der Waals surface area contributed by atoms with E-state index in [1.165, 1.54) is 0 Å². The highest BCUT2D eigenvalue weighted by Gasteiger charge is 2.23. The Bertz CT molecular complexity index is 2590. The summed E-state index contributed by atoms with van der Waals surface area (Å²) < 4.78 is 142. The van der Waals surface area contributed by atoms with Crippen LogP contribution in [0.2, 0.25) is 0 Å². The van der Waals surface area contributed by atoms with Crippen LogP contribution in [0, 0.1) is 0 Å². The minimum atomic E-state index is -1.12. The standard InChI is InChI=1S/C79H135N3O35/c1-2-92-22-23-98-34-35-103-40-41-105-44-45-107-48-49-109-52-53-111-56-57-113-60-61-115-63-62-114-59-58-112-55-54-110-51-50-108-47-46-106-43-42-104-39-36-99-29-24-93-17-3-4-74(84)72(64-68-5-9-70(10-6-68)116-66-77(87)88)81-75(85)13-18-94-26-31-101-37-38-102-32-27-96-20-15-80-79(91)73(65-69-7-11-71(12-8-69)117-67-78(89)90)82-76(86)14-19-95-25-30-100-33-28-97-21-16-83/h5-12,72-73,83H,2-4,13-67H2,1H3,(H,80,91)(H,81,85)(H,82,86)(H,87,88)(H,89,90). The highest BCUT2D eigenvalue weighted by molar-refractivity contribution is 5.89. The third kappa shape index (κ3) is 73.7. The molecular formula is C79H135N3O35. The van der Waals surface area contributed by atoms with Gasteiger partial charge in [0.05, 0.1) is 317 Å². The average Bonchev–Trinajstić information content (AvgIpc) is 0.880. The van der Waals surface area contributed by atoms with Crippen LogP contribution in [-0.4, -0.2) is 406 Å². The number of carboxylic acids is 2. The molecule has 2 atom stereocenters. The van der Waals surface area contributed by atoms with Gasteiger partial charge < -0.3 is 154 Å². The number of amides is 3.